The van der Waals surface area contributed by atoms with Gasteiger partial charge in [-0.2, -0.15) is 0 Å². The molecule has 3 aromatic rings. The van der Waals surface area contributed by atoms with Gasteiger partial charge in [-0.25, -0.2) is 13.8 Å². The number of nitrogens with zero attached hydrogens (tertiary/aromatic N) is 3. The largest absolute Gasteiger partial charge is 0.340 e. The van der Waals surface area contributed by atoms with Gasteiger partial charge in [0.15, 0.2) is 0 Å². The number of hydrogen-bond donors (Lipinski definition) is 1. The number of carbonyl (C=O) groups is 1. The van der Waals surface area contributed by atoms with Crippen molar-refractivity contribution in [2.24, 2.45) is 5.92 Å². The van der Waals surface area contributed by atoms with Crippen LogP contribution in [-0.4, -0.2) is 26.9 Å². The Balaban J connectivity index is 1.50. The van der Waals surface area contributed by atoms with E-state index in [9.17, 15) is 13.6 Å². The van der Waals surface area contributed by atoms with Crippen LogP contribution >= 0.6 is 11.6 Å². The summed E-state index contributed by atoms with van der Waals surface area (Å²) in [4.78, 5) is 19.6. The van der Waals surface area contributed by atoms with E-state index in [1.165, 1.54) is 24.3 Å². The summed E-state index contributed by atoms with van der Waals surface area (Å²) in [6, 6.07) is 10.6. The van der Waals surface area contributed by atoms with Gasteiger partial charge in [0.1, 0.15) is 29.0 Å². The van der Waals surface area contributed by atoms with Gasteiger partial charge in [-0.05, 0) is 55.3 Å². The SMILES string of the molecule is O=C(C1CCCC1)N1CCn2c(nc(-c3ccc(F)cc3)c2Nc2ccc(Cl)c(F)c2)C1. The highest BCUT2D eigenvalue weighted by atomic mass is 35.5. The number of anilines is 2. The van der Waals surface area contributed by atoms with Crippen LogP contribution in [0.5, 0.6) is 0 Å². The molecule has 1 aromatic heterocycles. The Morgan fingerprint density at radius 1 is 1.06 bits per heavy atom. The summed E-state index contributed by atoms with van der Waals surface area (Å²) in [5.74, 6) is 0.893. The fourth-order valence-electron chi connectivity index (χ4n) is 4.60. The van der Waals surface area contributed by atoms with Crippen LogP contribution in [0, 0.1) is 17.6 Å². The second-order valence-corrected chi connectivity index (χ2v) is 8.79. The van der Waals surface area contributed by atoms with E-state index < -0.39 is 5.82 Å². The number of nitrogens with one attached hydrogen (secondary N) is 1. The van der Waals surface area contributed by atoms with E-state index >= 15 is 0 Å². The molecule has 8 heteroatoms. The molecule has 0 bridgehead atoms. The summed E-state index contributed by atoms with van der Waals surface area (Å²) in [5, 5.41) is 3.31. The molecule has 0 spiro atoms. The van der Waals surface area contributed by atoms with Crippen LogP contribution in [-0.2, 0) is 17.9 Å². The van der Waals surface area contributed by atoms with Gasteiger partial charge in [-0.1, -0.05) is 24.4 Å². The highest BCUT2D eigenvalue weighted by Crippen LogP contribution is 2.35. The normalized spacial score (nSPS) is 16.3. The van der Waals surface area contributed by atoms with Crippen molar-refractivity contribution in [2.75, 3.05) is 11.9 Å². The summed E-state index contributed by atoms with van der Waals surface area (Å²) < 4.78 is 29.5. The van der Waals surface area contributed by atoms with E-state index in [2.05, 4.69) is 5.32 Å². The second kappa shape index (κ2) is 8.54. The van der Waals surface area contributed by atoms with Crippen molar-refractivity contribution in [3.05, 3.63) is 64.9 Å². The molecule has 5 nitrogen and oxygen atoms in total. The molecule has 2 aliphatic rings. The number of halogens is 3. The maximum atomic E-state index is 14.0. The Morgan fingerprint density at radius 3 is 2.53 bits per heavy atom. The summed E-state index contributed by atoms with van der Waals surface area (Å²) in [5.41, 5.74) is 1.90. The van der Waals surface area contributed by atoms with E-state index in [1.807, 2.05) is 9.47 Å². The minimum Gasteiger partial charge on any atom is -0.340 e. The Kier molecular flexibility index (Phi) is 5.59. The first-order valence-electron chi connectivity index (χ1n) is 10.9. The molecule has 2 heterocycles. The first-order chi connectivity index (χ1) is 15.5. The molecule has 0 saturated heterocycles. The fourth-order valence-corrected chi connectivity index (χ4v) is 4.71. The minimum atomic E-state index is -0.522. The molecule has 0 atom stereocenters. The van der Waals surface area contributed by atoms with Gasteiger partial charge in [0, 0.05) is 30.3 Å². The van der Waals surface area contributed by atoms with E-state index in [-0.39, 0.29) is 22.7 Å². The van der Waals surface area contributed by atoms with Crippen molar-refractivity contribution in [3.63, 3.8) is 0 Å². The zero-order valence-electron chi connectivity index (χ0n) is 17.5. The predicted octanol–water partition coefficient (Wildman–Crippen LogP) is 5.76. The quantitative estimate of drug-likeness (QED) is 0.543. The Bertz CT molecular complexity index is 1160. The molecule has 1 fully saturated rings. The number of imidazole rings is 1. The number of fused-ring (bicyclic) bond motifs is 1. The van der Waals surface area contributed by atoms with Crippen molar-refractivity contribution in [1.82, 2.24) is 14.5 Å². The molecule has 1 N–H and O–H groups in total. The van der Waals surface area contributed by atoms with Gasteiger partial charge < -0.3 is 14.8 Å². The van der Waals surface area contributed by atoms with Gasteiger partial charge in [0.25, 0.3) is 0 Å². The molecule has 1 amide bonds. The lowest BCUT2D eigenvalue weighted by Gasteiger charge is -2.30. The molecular weight excluding hydrogens is 434 g/mol. The molecule has 0 unspecified atom stereocenters. The third-order valence-electron chi connectivity index (χ3n) is 6.29. The first-order valence-corrected chi connectivity index (χ1v) is 11.2. The molecule has 2 aromatic carbocycles. The lowest BCUT2D eigenvalue weighted by Crippen LogP contribution is -2.41. The number of amides is 1. The first kappa shape index (κ1) is 20.9. The van der Waals surface area contributed by atoms with Crippen LogP contribution in [0.25, 0.3) is 11.3 Å². The van der Waals surface area contributed by atoms with Gasteiger partial charge in [0.2, 0.25) is 5.91 Å². The van der Waals surface area contributed by atoms with Gasteiger partial charge in [-0.15, -0.1) is 0 Å². The van der Waals surface area contributed by atoms with Crippen molar-refractivity contribution >= 4 is 29.0 Å². The van der Waals surface area contributed by atoms with Crippen molar-refractivity contribution < 1.29 is 13.6 Å². The third kappa shape index (κ3) is 3.97. The number of carbonyl (C=O) groups excluding carboxylic acids is 1. The molecule has 0 radical (unpaired) electrons. The van der Waals surface area contributed by atoms with Gasteiger partial charge in [-0.3, -0.25) is 4.79 Å². The topological polar surface area (TPSA) is 50.2 Å². The zero-order chi connectivity index (χ0) is 22.2. The smallest absolute Gasteiger partial charge is 0.226 e. The molecule has 1 saturated carbocycles. The number of benzene rings is 2. The van der Waals surface area contributed by atoms with Gasteiger partial charge in [0.05, 0.1) is 11.6 Å². The molecule has 166 valence electrons. The highest BCUT2D eigenvalue weighted by Gasteiger charge is 2.31. The van der Waals surface area contributed by atoms with Crippen LogP contribution in [0.1, 0.15) is 31.5 Å². The van der Waals surface area contributed by atoms with Crippen molar-refractivity contribution in [1.29, 1.82) is 0 Å². The molecular formula is C24H23ClF2N4O. The van der Waals surface area contributed by atoms with Crippen LogP contribution in [0.15, 0.2) is 42.5 Å². The fraction of sp³-hybridized carbons (Fsp3) is 0.333. The monoisotopic (exact) mass is 456 g/mol. The zero-order valence-corrected chi connectivity index (χ0v) is 18.2. The number of rotatable bonds is 4. The summed E-state index contributed by atoms with van der Waals surface area (Å²) in [6.45, 7) is 1.58. The molecule has 32 heavy (non-hydrogen) atoms. The van der Waals surface area contributed by atoms with E-state index in [0.717, 1.165) is 37.1 Å². The molecule has 1 aliphatic heterocycles. The Hall–Kier alpha value is -2.93. The summed E-state index contributed by atoms with van der Waals surface area (Å²) in [7, 11) is 0. The van der Waals surface area contributed by atoms with Crippen molar-refractivity contribution in [3.8, 4) is 11.3 Å². The van der Waals surface area contributed by atoms with Crippen LogP contribution in [0.3, 0.4) is 0 Å². The van der Waals surface area contributed by atoms with Crippen molar-refractivity contribution in [2.45, 2.75) is 38.8 Å². The van der Waals surface area contributed by atoms with Crippen LogP contribution < -0.4 is 5.32 Å². The number of aromatic nitrogens is 2. The highest BCUT2D eigenvalue weighted by molar-refractivity contribution is 6.30. The minimum absolute atomic E-state index is 0.0469. The Morgan fingerprint density at radius 2 is 1.81 bits per heavy atom. The molecule has 5 rings (SSSR count). The van der Waals surface area contributed by atoms with Crippen LogP contribution in [0.2, 0.25) is 5.02 Å². The average Bonchev–Trinajstić information content (AvgIpc) is 3.45. The average molecular weight is 457 g/mol. The third-order valence-corrected chi connectivity index (χ3v) is 6.60. The summed E-state index contributed by atoms with van der Waals surface area (Å²) in [6.07, 6.45) is 4.14. The maximum Gasteiger partial charge on any atom is 0.226 e. The molecule has 1 aliphatic carbocycles. The van der Waals surface area contributed by atoms with E-state index in [4.69, 9.17) is 16.6 Å². The van der Waals surface area contributed by atoms with E-state index in [1.54, 1.807) is 18.2 Å². The predicted molar refractivity (Wildman–Crippen MR) is 120 cm³/mol. The lowest BCUT2D eigenvalue weighted by atomic mass is 10.1. The number of hydrogen-bond acceptors (Lipinski definition) is 3. The second-order valence-electron chi connectivity index (χ2n) is 8.38. The maximum absolute atomic E-state index is 14.0. The standard InChI is InChI=1S/C24H23ClF2N4O/c25-19-10-9-18(13-20(19)27)28-23-22(15-5-7-17(26)8-6-15)29-21-14-30(11-12-31(21)23)24(32)16-3-1-2-4-16/h5-10,13,16,28H,1-4,11-12,14H2. The van der Waals surface area contributed by atoms with E-state index in [0.29, 0.717) is 36.8 Å². The summed E-state index contributed by atoms with van der Waals surface area (Å²) >= 11 is 5.83. The Labute approximate surface area is 190 Å². The lowest BCUT2D eigenvalue weighted by molar-refractivity contribution is -0.136. The van der Waals surface area contributed by atoms with Gasteiger partial charge >= 0.3 is 0 Å². The van der Waals surface area contributed by atoms with Crippen LogP contribution in [0.4, 0.5) is 20.3 Å².